The van der Waals surface area contributed by atoms with Crippen molar-refractivity contribution in [1.29, 1.82) is 0 Å². The Morgan fingerprint density at radius 2 is 2.00 bits per heavy atom. The Balaban J connectivity index is 1.97. The Morgan fingerprint density at radius 1 is 1.32 bits per heavy atom. The van der Waals surface area contributed by atoms with Crippen LogP contribution in [0.4, 0.5) is 0 Å². The number of imide groups is 1. The summed E-state index contributed by atoms with van der Waals surface area (Å²) in [5.41, 5.74) is 6.18. The lowest BCUT2D eigenvalue weighted by Gasteiger charge is -2.18. The molecule has 7 nitrogen and oxygen atoms in total. The van der Waals surface area contributed by atoms with E-state index >= 15 is 0 Å². The fourth-order valence-electron chi connectivity index (χ4n) is 2.46. The maximum absolute atomic E-state index is 12.4. The van der Waals surface area contributed by atoms with Gasteiger partial charge in [-0.2, -0.15) is 0 Å². The highest BCUT2D eigenvalue weighted by Gasteiger charge is 2.39. The molecule has 1 unspecified atom stereocenters. The molecule has 3 amide bonds. The molecule has 22 heavy (non-hydrogen) atoms. The predicted octanol–water partition coefficient (Wildman–Crippen LogP) is -1.02. The third kappa shape index (κ3) is 3.69. The van der Waals surface area contributed by atoms with Gasteiger partial charge in [-0.3, -0.25) is 24.6 Å². The Hall–Kier alpha value is -2.25. The van der Waals surface area contributed by atoms with E-state index in [1.807, 2.05) is 30.3 Å². The van der Waals surface area contributed by atoms with Crippen LogP contribution in [0.25, 0.3) is 0 Å². The van der Waals surface area contributed by atoms with Crippen LogP contribution in [0.1, 0.15) is 12.5 Å². The van der Waals surface area contributed by atoms with Crippen molar-refractivity contribution in [2.45, 2.75) is 25.6 Å². The third-order valence-corrected chi connectivity index (χ3v) is 3.54. The highest BCUT2D eigenvalue weighted by Crippen LogP contribution is 2.15. The zero-order valence-electron chi connectivity index (χ0n) is 12.4. The van der Waals surface area contributed by atoms with Gasteiger partial charge in [0, 0.05) is 0 Å². The summed E-state index contributed by atoms with van der Waals surface area (Å²) >= 11 is 0. The molecule has 4 N–H and O–H groups in total. The van der Waals surface area contributed by atoms with Gasteiger partial charge in [-0.1, -0.05) is 30.3 Å². The molecule has 0 saturated carbocycles. The van der Waals surface area contributed by atoms with E-state index < -0.39 is 24.0 Å². The molecule has 7 heteroatoms. The minimum atomic E-state index is -0.442. The molecule has 0 aliphatic carbocycles. The van der Waals surface area contributed by atoms with E-state index in [1.54, 1.807) is 6.92 Å². The highest BCUT2D eigenvalue weighted by atomic mass is 16.2. The average molecular weight is 304 g/mol. The second-order valence-electron chi connectivity index (χ2n) is 5.17. The van der Waals surface area contributed by atoms with Crippen molar-refractivity contribution >= 4 is 17.7 Å². The van der Waals surface area contributed by atoms with Crippen molar-refractivity contribution in [2.24, 2.45) is 5.73 Å². The van der Waals surface area contributed by atoms with Gasteiger partial charge >= 0.3 is 0 Å². The van der Waals surface area contributed by atoms with Gasteiger partial charge in [0.15, 0.2) is 0 Å². The standard InChI is InChI=1S/C15H20N4O3/c1-10-18-12(7-11-5-3-2-4-6-11)15(22)19(10)14(21)9-17-13(20)8-16/h2-6,10,12,18H,7-9,16H2,1H3,(H,17,20)/t10-,12?/m1/s1. The molecule has 1 aromatic carbocycles. The lowest BCUT2D eigenvalue weighted by Crippen LogP contribution is -2.46. The first-order valence-corrected chi connectivity index (χ1v) is 7.15. The van der Waals surface area contributed by atoms with Gasteiger partial charge in [0.1, 0.15) is 0 Å². The summed E-state index contributed by atoms with van der Waals surface area (Å²) in [6, 6.07) is 9.15. The van der Waals surface area contributed by atoms with Crippen molar-refractivity contribution in [3.63, 3.8) is 0 Å². The average Bonchev–Trinajstić information content (AvgIpc) is 2.79. The first kappa shape index (κ1) is 16.1. The summed E-state index contributed by atoms with van der Waals surface area (Å²) in [5.74, 6) is -1.15. The fraction of sp³-hybridized carbons (Fsp3) is 0.400. The van der Waals surface area contributed by atoms with Crippen LogP contribution in [0.3, 0.4) is 0 Å². The van der Waals surface area contributed by atoms with Gasteiger partial charge < -0.3 is 11.1 Å². The van der Waals surface area contributed by atoms with Crippen LogP contribution in [0.15, 0.2) is 30.3 Å². The maximum atomic E-state index is 12.4. The largest absolute Gasteiger partial charge is 0.346 e. The number of nitrogens with zero attached hydrogens (tertiary/aromatic N) is 1. The molecular formula is C15H20N4O3. The van der Waals surface area contributed by atoms with Crippen molar-refractivity contribution in [3.8, 4) is 0 Å². The van der Waals surface area contributed by atoms with Crippen molar-refractivity contribution in [2.75, 3.05) is 13.1 Å². The van der Waals surface area contributed by atoms with Crippen LogP contribution < -0.4 is 16.4 Å². The quantitative estimate of drug-likeness (QED) is 0.646. The fourth-order valence-corrected chi connectivity index (χ4v) is 2.46. The van der Waals surface area contributed by atoms with Crippen LogP contribution in [-0.4, -0.2) is 47.9 Å². The van der Waals surface area contributed by atoms with E-state index in [0.29, 0.717) is 6.42 Å². The lowest BCUT2D eigenvalue weighted by atomic mass is 10.1. The SMILES string of the molecule is C[C@@H]1NC(Cc2ccccc2)C(=O)N1C(=O)CNC(=O)CN. The second kappa shape index (κ2) is 7.15. The number of hydrogen-bond acceptors (Lipinski definition) is 5. The first-order chi connectivity index (χ1) is 10.5. The molecule has 2 rings (SSSR count). The number of nitrogens with one attached hydrogen (secondary N) is 2. The van der Waals surface area contributed by atoms with Crippen molar-refractivity contribution in [3.05, 3.63) is 35.9 Å². The van der Waals surface area contributed by atoms with E-state index in [1.165, 1.54) is 0 Å². The number of carbonyl (C=O) groups is 3. The van der Waals surface area contributed by atoms with E-state index in [2.05, 4.69) is 10.6 Å². The smallest absolute Gasteiger partial charge is 0.249 e. The minimum Gasteiger partial charge on any atom is -0.346 e. The summed E-state index contributed by atoms with van der Waals surface area (Å²) in [7, 11) is 0. The van der Waals surface area contributed by atoms with Crippen LogP contribution in [-0.2, 0) is 20.8 Å². The summed E-state index contributed by atoms with van der Waals surface area (Å²) in [6.45, 7) is 1.32. The predicted molar refractivity (Wildman–Crippen MR) is 80.4 cm³/mol. The molecule has 1 heterocycles. The number of nitrogens with two attached hydrogens (primary N) is 1. The van der Waals surface area contributed by atoms with Crippen molar-refractivity contribution < 1.29 is 14.4 Å². The normalized spacial score (nSPS) is 21.0. The van der Waals surface area contributed by atoms with E-state index in [-0.39, 0.29) is 19.0 Å². The summed E-state index contributed by atoms with van der Waals surface area (Å²) in [4.78, 5) is 36.7. The van der Waals surface area contributed by atoms with E-state index in [9.17, 15) is 14.4 Å². The zero-order chi connectivity index (χ0) is 16.1. The molecule has 1 aliphatic heterocycles. The summed E-state index contributed by atoms with van der Waals surface area (Å²) < 4.78 is 0. The topological polar surface area (TPSA) is 105 Å². The molecule has 118 valence electrons. The molecule has 0 aromatic heterocycles. The highest BCUT2D eigenvalue weighted by molar-refractivity contribution is 6.01. The van der Waals surface area contributed by atoms with Gasteiger partial charge in [0.05, 0.1) is 25.3 Å². The third-order valence-electron chi connectivity index (χ3n) is 3.54. The van der Waals surface area contributed by atoms with Gasteiger partial charge in [-0.15, -0.1) is 0 Å². The van der Waals surface area contributed by atoms with E-state index in [4.69, 9.17) is 5.73 Å². The summed E-state index contributed by atoms with van der Waals surface area (Å²) in [6.07, 6.45) is 0.117. The van der Waals surface area contributed by atoms with Gasteiger partial charge in [-0.05, 0) is 18.9 Å². The minimum absolute atomic E-state index is 0.189. The Bertz CT molecular complexity index is 561. The number of carbonyl (C=O) groups excluding carboxylic acids is 3. The van der Waals surface area contributed by atoms with Crippen molar-refractivity contribution in [1.82, 2.24) is 15.5 Å². The number of hydrogen-bond donors (Lipinski definition) is 3. The molecule has 0 radical (unpaired) electrons. The Morgan fingerprint density at radius 3 is 2.64 bits per heavy atom. The van der Waals surface area contributed by atoms with Crippen LogP contribution in [0.2, 0.25) is 0 Å². The monoisotopic (exact) mass is 304 g/mol. The molecule has 1 saturated heterocycles. The molecule has 0 spiro atoms. The molecule has 0 bridgehead atoms. The zero-order valence-corrected chi connectivity index (χ0v) is 12.4. The number of rotatable bonds is 5. The van der Waals surface area contributed by atoms with Crippen LogP contribution >= 0.6 is 0 Å². The maximum Gasteiger partial charge on any atom is 0.249 e. The molecule has 1 fully saturated rings. The summed E-state index contributed by atoms with van der Waals surface area (Å²) in [5, 5.41) is 5.48. The Labute approximate surface area is 128 Å². The van der Waals surface area contributed by atoms with Gasteiger partial charge in [0.2, 0.25) is 17.7 Å². The van der Waals surface area contributed by atoms with Gasteiger partial charge in [0.25, 0.3) is 0 Å². The second-order valence-corrected chi connectivity index (χ2v) is 5.17. The molecule has 1 aromatic rings. The molecular weight excluding hydrogens is 284 g/mol. The van der Waals surface area contributed by atoms with Gasteiger partial charge in [-0.25, -0.2) is 0 Å². The first-order valence-electron chi connectivity index (χ1n) is 7.15. The Kier molecular flexibility index (Phi) is 5.24. The number of amides is 3. The van der Waals surface area contributed by atoms with E-state index in [0.717, 1.165) is 10.5 Å². The molecule has 1 aliphatic rings. The lowest BCUT2D eigenvalue weighted by molar-refractivity contribution is -0.144. The molecule has 2 atom stereocenters. The van der Waals surface area contributed by atoms with Crippen LogP contribution in [0.5, 0.6) is 0 Å². The number of benzene rings is 1. The van der Waals surface area contributed by atoms with Crippen LogP contribution in [0, 0.1) is 0 Å².